The van der Waals surface area contributed by atoms with Crippen LogP contribution in [0.3, 0.4) is 0 Å². The van der Waals surface area contributed by atoms with Crippen LogP contribution < -0.4 is 0 Å². The molecular weight excluding hydrogens is 238 g/mol. The lowest BCUT2D eigenvalue weighted by molar-refractivity contribution is 0.0698. The number of para-hydroxylation sites is 1. The maximum absolute atomic E-state index is 11.4. The van der Waals surface area contributed by atoms with E-state index in [1.165, 1.54) is 11.3 Å². The summed E-state index contributed by atoms with van der Waals surface area (Å²) in [4.78, 5) is 11.4. The van der Waals surface area contributed by atoms with Gasteiger partial charge < -0.3 is 9.67 Å². The van der Waals surface area contributed by atoms with Crippen LogP contribution in [-0.4, -0.2) is 15.6 Å². The maximum atomic E-state index is 11.4. The second kappa shape index (κ2) is 5.08. The van der Waals surface area contributed by atoms with Crippen molar-refractivity contribution in [3.05, 3.63) is 35.0 Å². The van der Waals surface area contributed by atoms with Gasteiger partial charge >= 0.3 is 5.97 Å². The molecule has 0 unspecified atom stereocenters. The molecular formula is C16H21NO2. The number of aromatic carboxylic acids is 1. The van der Waals surface area contributed by atoms with Crippen molar-refractivity contribution < 1.29 is 9.90 Å². The largest absolute Gasteiger partial charge is 0.478 e. The summed E-state index contributed by atoms with van der Waals surface area (Å²) < 4.78 is 2.16. The van der Waals surface area contributed by atoms with E-state index in [4.69, 9.17) is 0 Å². The molecule has 0 radical (unpaired) electrons. The average Bonchev–Trinajstić information content (AvgIpc) is 2.62. The summed E-state index contributed by atoms with van der Waals surface area (Å²) in [7, 11) is 0. The van der Waals surface area contributed by atoms with Gasteiger partial charge in [-0.2, -0.15) is 0 Å². The molecule has 0 aliphatic rings. The van der Waals surface area contributed by atoms with Crippen LogP contribution in [0, 0.1) is 6.92 Å². The maximum Gasteiger partial charge on any atom is 0.337 e. The number of carbonyl (C=O) groups is 1. The summed E-state index contributed by atoms with van der Waals surface area (Å²) in [6, 6.07) is 5.57. The average molecular weight is 259 g/mol. The molecule has 0 aliphatic heterocycles. The van der Waals surface area contributed by atoms with Gasteiger partial charge in [-0.1, -0.05) is 32.9 Å². The molecule has 3 nitrogen and oxygen atoms in total. The number of rotatable bonds is 4. The standard InChI is InChI=1S/C16H21NO2/c1-5-9-17-11(4)14(10(2)3)12-7-6-8-13(15(12)17)16(18)19/h6-8,10H,5,9H2,1-4H3,(H,18,19). The Morgan fingerprint density at radius 3 is 2.58 bits per heavy atom. The van der Waals surface area contributed by atoms with Gasteiger partial charge in [-0.3, -0.25) is 0 Å². The summed E-state index contributed by atoms with van der Waals surface area (Å²) in [6.07, 6.45) is 0.996. The van der Waals surface area contributed by atoms with Crippen molar-refractivity contribution in [2.45, 2.75) is 46.6 Å². The highest BCUT2D eigenvalue weighted by molar-refractivity contribution is 6.04. The zero-order valence-electron chi connectivity index (χ0n) is 12.0. The minimum Gasteiger partial charge on any atom is -0.478 e. The van der Waals surface area contributed by atoms with Crippen LogP contribution >= 0.6 is 0 Å². The molecule has 0 fully saturated rings. The van der Waals surface area contributed by atoms with Crippen molar-refractivity contribution in [3.63, 3.8) is 0 Å². The second-order valence-electron chi connectivity index (χ2n) is 5.31. The van der Waals surface area contributed by atoms with E-state index >= 15 is 0 Å². The number of benzene rings is 1. The molecule has 0 saturated carbocycles. The topological polar surface area (TPSA) is 42.2 Å². The van der Waals surface area contributed by atoms with Crippen LogP contribution in [0.15, 0.2) is 18.2 Å². The van der Waals surface area contributed by atoms with Crippen LogP contribution in [0.2, 0.25) is 0 Å². The molecule has 0 spiro atoms. The van der Waals surface area contributed by atoms with Crippen LogP contribution in [0.4, 0.5) is 0 Å². The van der Waals surface area contributed by atoms with E-state index < -0.39 is 5.97 Å². The quantitative estimate of drug-likeness (QED) is 0.895. The van der Waals surface area contributed by atoms with Crippen LogP contribution in [0.5, 0.6) is 0 Å². The zero-order chi connectivity index (χ0) is 14.2. The van der Waals surface area contributed by atoms with Gasteiger partial charge in [0.1, 0.15) is 0 Å². The Morgan fingerprint density at radius 2 is 2.05 bits per heavy atom. The molecule has 1 N–H and O–H groups in total. The second-order valence-corrected chi connectivity index (χ2v) is 5.31. The highest BCUT2D eigenvalue weighted by Crippen LogP contribution is 2.33. The van der Waals surface area contributed by atoms with E-state index in [-0.39, 0.29) is 0 Å². The normalized spacial score (nSPS) is 11.4. The first-order valence-corrected chi connectivity index (χ1v) is 6.84. The van der Waals surface area contributed by atoms with Crippen molar-refractivity contribution in [1.29, 1.82) is 0 Å². The number of hydrogen-bond donors (Lipinski definition) is 1. The summed E-state index contributed by atoms with van der Waals surface area (Å²) in [5, 5.41) is 10.5. The van der Waals surface area contributed by atoms with Crippen molar-refractivity contribution in [2.24, 2.45) is 0 Å². The number of nitrogens with zero attached hydrogens (tertiary/aromatic N) is 1. The highest BCUT2D eigenvalue weighted by atomic mass is 16.4. The Labute approximate surface area is 113 Å². The molecule has 0 aliphatic carbocycles. The third kappa shape index (κ3) is 2.14. The molecule has 102 valence electrons. The summed E-state index contributed by atoms with van der Waals surface area (Å²) in [6.45, 7) is 9.39. The Kier molecular flexibility index (Phi) is 3.65. The monoisotopic (exact) mass is 259 g/mol. The van der Waals surface area contributed by atoms with Gasteiger partial charge in [0.2, 0.25) is 0 Å². The SMILES string of the molecule is CCCn1c(C)c(C(C)C)c2cccc(C(=O)O)c21. The third-order valence-corrected chi connectivity index (χ3v) is 3.65. The minimum atomic E-state index is -0.851. The van der Waals surface area contributed by atoms with E-state index in [0.717, 1.165) is 23.9 Å². The fraction of sp³-hybridized carbons (Fsp3) is 0.438. The van der Waals surface area contributed by atoms with Gasteiger partial charge in [0, 0.05) is 17.6 Å². The van der Waals surface area contributed by atoms with Crippen molar-refractivity contribution in [3.8, 4) is 0 Å². The first-order valence-electron chi connectivity index (χ1n) is 6.84. The smallest absolute Gasteiger partial charge is 0.337 e. The van der Waals surface area contributed by atoms with Gasteiger partial charge in [-0.15, -0.1) is 0 Å². The number of aryl methyl sites for hydroxylation is 1. The van der Waals surface area contributed by atoms with Gasteiger partial charge in [0.05, 0.1) is 11.1 Å². The molecule has 1 aromatic heterocycles. The fourth-order valence-electron chi connectivity index (χ4n) is 2.96. The van der Waals surface area contributed by atoms with E-state index in [2.05, 4.69) is 32.3 Å². The highest BCUT2D eigenvalue weighted by Gasteiger charge is 2.20. The number of carboxylic acids is 1. The number of hydrogen-bond acceptors (Lipinski definition) is 1. The minimum absolute atomic E-state index is 0.393. The molecule has 3 heteroatoms. The lowest BCUT2D eigenvalue weighted by atomic mass is 9.99. The van der Waals surface area contributed by atoms with Gasteiger partial charge in [-0.05, 0) is 30.9 Å². The predicted octanol–water partition coefficient (Wildman–Crippen LogP) is 4.18. The Balaban J connectivity index is 2.89. The van der Waals surface area contributed by atoms with E-state index in [0.29, 0.717) is 11.5 Å². The van der Waals surface area contributed by atoms with Crippen molar-refractivity contribution >= 4 is 16.9 Å². The number of aromatic nitrogens is 1. The van der Waals surface area contributed by atoms with E-state index in [1.54, 1.807) is 6.07 Å². The molecule has 0 amide bonds. The first kappa shape index (κ1) is 13.7. The number of carboxylic acid groups (broad SMARTS) is 1. The molecule has 0 bridgehead atoms. The van der Waals surface area contributed by atoms with Gasteiger partial charge in [0.15, 0.2) is 0 Å². The van der Waals surface area contributed by atoms with Crippen molar-refractivity contribution in [2.75, 3.05) is 0 Å². The molecule has 0 saturated heterocycles. The Bertz CT molecular complexity index is 623. The van der Waals surface area contributed by atoms with E-state index in [1.807, 2.05) is 12.1 Å². The number of fused-ring (bicyclic) bond motifs is 1. The van der Waals surface area contributed by atoms with Crippen LogP contribution in [-0.2, 0) is 6.54 Å². The van der Waals surface area contributed by atoms with Crippen LogP contribution in [0.1, 0.15) is 54.7 Å². The predicted molar refractivity (Wildman–Crippen MR) is 78.0 cm³/mol. The molecule has 0 atom stereocenters. The zero-order valence-corrected chi connectivity index (χ0v) is 12.0. The fourth-order valence-corrected chi connectivity index (χ4v) is 2.96. The lowest BCUT2D eigenvalue weighted by Crippen LogP contribution is -2.05. The molecule has 2 rings (SSSR count). The Morgan fingerprint density at radius 1 is 1.37 bits per heavy atom. The molecule has 2 aromatic rings. The summed E-state index contributed by atoms with van der Waals surface area (Å²) >= 11 is 0. The van der Waals surface area contributed by atoms with E-state index in [9.17, 15) is 9.90 Å². The van der Waals surface area contributed by atoms with Crippen LogP contribution in [0.25, 0.3) is 10.9 Å². The van der Waals surface area contributed by atoms with Crippen molar-refractivity contribution in [1.82, 2.24) is 4.57 Å². The first-order chi connectivity index (χ1) is 8.99. The molecule has 19 heavy (non-hydrogen) atoms. The molecule has 1 heterocycles. The Hall–Kier alpha value is -1.77. The van der Waals surface area contributed by atoms with Gasteiger partial charge in [-0.25, -0.2) is 4.79 Å². The lowest BCUT2D eigenvalue weighted by Gasteiger charge is -2.09. The molecule has 1 aromatic carbocycles. The summed E-state index contributed by atoms with van der Waals surface area (Å²) in [5.41, 5.74) is 3.74. The third-order valence-electron chi connectivity index (χ3n) is 3.65. The van der Waals surface area contributed by atoms with Gasteiger partial charge in [0.25, 0.3) is 0 Å². The summed E-state index contributed by atoms with van der Waals surface area (Å²) in [5.74, 6) is -0.458.